The van der Waals surface area contributed by atoms with E-state index in [4.69, 9.17) is 4.74 Å². The Morgan fingerprint density at radius 2 is 2.47 bits per heavy atom. The second-order valence-corrected chi connectivity index (χ2v) is 4.43. The van der Waals surface area contributed by atoms with Crippen LogP contribution in [0.25, 0.3) is 0 Å². The van der Waals surface area contributed by atoms with Crippen LogP contribution >= 0.6 is 0 Å². The second kappa shape index (κ2) is 6.49. The number of nitrogens with zero attached hydrogens (tertiary/aromatic N) is 1. The molecule has 2 heterocycles. The molecule has 1 unspecified atom stereocenters. The summed E-state index contributed by atoms with van der Waals surface area (Å²) in [6, 6.07) is 3.79. The van der Waals surface area contributed by atoms with Crippen molar-refractivity contribution in [2.24, 2.45) is 0 Å². The minimum Gasteiger partial charge on any atom is -0.465 e. The number of carbonyl (C=O) groups excluding carboxylic acids is 1. The Kier molecular flexibility index (Phi) is 4.70. The van der Waals surface area contributed by atoms with Crippen LogP contribution in [-0.2, 0) is 9.47 Å². The molecule has 19 heavy (non-hydrogen) atoms. The lowest BCUT2D eigenvalue weighted by Crippen LogP contribution is -2.45. The molecule has 0 aromatic carbocycles. The lowest BCUT2D eigenvalue weighted by atomic mass is 10.2. The molecule has 1 saturated heterocycles. The highest BCUT2D eigenvalue weighted by molar-refractivity contribution is 5.90. The Morgan fingerprint density at radius 3 is 3.11 bits per heavy atom. The normalized spacial score (nSPS) is 18.9. The molecule has 6 heteroatoms. The van der Waals surface area contributed by atoms with Gasteiger partial charge in [0.05, 0.1) is 31.6 Å². The maximum absolute atomic E-state index is 11.4. The van der Waals surface area contributed by atoms with Crippen LogP contribution < -0.4 is 10.6 Å². The predicted octanol–water partition coefficient (Wildman–Crippen LogP) is 0.577. The van der Waals surface area contributed by atoms with E-state index in [2.05, 4.69) is 20.4 Å². The monoisotopic (exact) mass is 265 g/mol. The smallest absolute Gasteiger partial charge is 0.339 e. The van der Waals surface area contributed by atoms with Crippen molar-refractivity contribution in [3.8, 4) is 0 Å². The molecule has 1 aromatic rings. The topological polar surface area (TPSA) is 72.5 Å². The number of ether oxygens (including phenoxy) is 2. The first-order valence-corrected chi connectivity index (χ1v) is 6.31. The summed E-state index contributed by atoms with van der Waals surface area (Å²) >= 11 is 0. The van der Waals surface area contributed by atoms with Crippen molar-refractivity contribution in [3.63, 3.8) is 0 Å². The quantitative estimate of drug-likeness (QED) is 0.776. The van der Waals surface area contributed by atoms with Gasteiger partial charge in [-0.1, -0.05) is 0 Å². The number of aryl methyl sites for hydroxylation is 1. The number of aromatic nitrogens is 1. The molecule has 1 fully saturated rings. The number of pyridine rings is 1. The molecular formula is C13H19N3O3. The molecular weight excluding hydrogens is 246 g/mol. The lowest BCUT2D eigenvalue weighted by molar-refractivity contribution is 0.0599. The zero-order valence-electron chi connectivity index (χ0n) is 11.2. The minimum absolute atomic E-state index is 0.288. The van der Waals surface area contributed by atoms with Gasteiger partial charge in [-0.3, -0.25) is 0 Å². The SMILES string of the molecule is COC(=O)c1ccc(NCC2COCCN2)nc1C. The third-order valence-corrected chi connectivity index (χ3v) is 3.02. The minimum atomic E-state index is -0.362. The average molecular weight is 265 g/mol. The predicted molar refractivity (Wildman–Crippen MR) is 71.4 cm³/mol. The van der Waals surface area contributed by atoms with Gasteiger partial charge in [0.2, 0.25) is 0 Å². The Labute approximate surface area is 112 Å². The van der Waals surface area contributed by atoms with E-state index in [1.165, 1.54) is 7.11 Å². The van der Waals surface area contributed by atoms with Gasteiger partial charge < -0.3 is 20.1 Å². The number of nitrogens with one attached hydrogen (secondary N) is 2. The molecule has 1 aromatic heterocycles. The zero-order valence-corrected chi connectivity index (χ0v) is 11.2. The number of rotatable bonds is 4. The molecule has 6 nitrogen and oxygen atoms in total. The van der Waals surface area contributed by atoms with Crippen molar-refractivity contribution in [1.82, 2.24) is 10.3 Å². The van der Waals surface area contributed by atoms with Gasteiger partial charge in [-0.2, -0.15) is 0 Å². The molecule has 0 spiro atoms. The van der Waals surface area contributed by atoms with Crippen LogP contribution in [0, 0.1) is 6.92 Å². The summed E-state index contributed by atoms with van der Waals surface area (Å²) in [5, 5.41) is 6.59. The van der Waals surface area contributed by atoms with Gasteiger partial charge in [0, 0.05) is 19.1 Å². The Morgan fingerprint density at radius 1 is 1.63 bits per heavy atom. The van der Waals surface area contributed by atoms with Crippen molar-refractivity contribution in [3.05, 3.63) is 23.4 Å². The van der Waals surface area contributed by atoms with E-state index in [-0.39, 0.29) is 12.0 Å². The molecule has 0 amide bonds. The third kappa shape index (κ3) is 3.65. The van der Waals surface area contributed by atoms with Gasteiger partial charge >= 0.3 is 5.97 Å². The van der Waals surface area contributed by atoms with Crippen molar-refractivity contribution < 1.29 is 14.3 Å². The van der Waals surface area contributed by atoms with E-state index in [1.54, 1.807) is 19.1 Å². The summed E-state index contributed by atoms with van der Waals surface area (Å²) in [5.74, 6) is 0.386. The number of morpholine rings is 1. The van der Waals surface area contributed by atoms with Crippen LogP contribution in [0.2, 0.25) is 0 Å². The van der Waals surface area contributed by atoms with Gasteiger partial charge in [-0.15, -0.1) is 0 Å². The van der Waals surface area contributed by atoms with E-state index in [0.717, 1.165) is 25.5 Å². The summed E-state index contributed by atoms with van der Waals surface area (Å²) in [6.07, 6.45) is 0. The Bertz CT molecular complexity index is 445. The molecule has 2 rings (SSSR count). The van der Waals surface area contributed by atoms with E-state index in [9.17, 15) is 4.79 Å². The molecule has 1 aliphatic rings. The van der Waals surface area contributed by atoms with Gasteiger partial charge in [0.25, 0.3) is 0 Å². The van der Waals surface area contributed by atoms with Crippen molar-refractivity contribution in [2.45, 2.75) is 13.0 Å². The maximum Gasteiger partial charge on any atom is 0.339 e. The van der Waals surface area contributed by atoms with Crippen LogP contribution in [0.4, 0.5) is 5.82 Å². The first-order chi connectivity index (χ1) is 9.20. The molecule has 1 aliphatic heterocycles. The maximum atomic E-state index is 11.4. The first kappa shape index (κ1) is 13.8. The van der Waals surface area contributed by atoms with Gasteiger partial charge in [0.15, 0.2) is 0 Å². The number of hydrogen-bond donors (Lipinski definition) is 2. The second-order valence-electron chi connectivity index (χ2n) is 4.43. The number of anilines is 1. The number of esters is 1. The summed E-state index contributed by atoms with van der Waals surface area (Å²) in [4.78, 5) is 15.8. The zero-order chi connectivity index (χ0) is 13.7. The van der Waals surface area contributed by atoms with E-state index < -0.39 is 0 Å². The third-order valence-electron chi connectivity index (χ3n) is 3.02. The summed E-state index contributed by atoms with van der Waals surface area (Å²) < 4.78 is 10.1. The fraction of sp³-hybridized carbons (Fsp3) is 0.538. The largest absolute Gasteiger partial charge is 0.465 e. The Hall–Kier alpha value is -1.66. The molecule has 2 N–H and O–H groups in total. The highest BCUT2D eigenvalue weighted by Gasteiger charge is 2.14. The number of methoxy groups -OCH3 is 1. The molecule has 0 saturated carbocycles. The number of carbonyl (C=O) groups is 1. The van der Waals surface area contributed by atoms with E-state index in [1.807, 2.05) is 0 Å². The van der Waals surface area contributed by atoms with Crippen molar-refractivity contribution in [1.29, 1.82) is 0 Å². The number of hydrogen-bond acceptors (Lipinski definition) is 6. The van der Waals surface area contributed by atoms with Crippen molar-refractivity contribution in [2.75, 3.05) is 38.7 Å². The molecule has 1 atom stereocenters. The highest BCUT2D eigenvalue weighted by Crippen LogP contribution is 2.11. The van der Waals surface area contributed by atoms with Gasteiger partial charge in [-0.05, 0) is 19.1 Å². The highest BCUT2D eigenvalue weighted by atomic mass is 16.5. The fourth-order valence-corrected chi connectivity index (χ4v) is 1.96. The molecule has 0 radical (unpaired) electrons. The molecule has 0 bridgehead atoms. The standard InChI is InChI=1S/C13H19N3O3/c1-9-11(13(17)18-2)3-4-12(16-9)15-7-10-8-19-6-5-14-10/h3-4,10,14H,5-8H2,1-2H3,(H,15,16). The van der Waals surface area contributed by atoms with Crippen LogP contribution in [0.1, 0.15) is 16.1 Å². The van der Waals surface area contributed by atoms with Gasteiger partial charge in [0.1, 0.15) is 5.82 Å². The summed E-state index contributed by atoms with van der Waals surface area (Å²) in [7, 11) is 1.36. The average Bonchev–Trinajstić information content (AvgIpc) is 2.45. The van der Waals surface area contributed by atoms with Crippen molar-refractivity contribution >= 4 is 11.8 Å². The van der Waals surface area contributed by atoms with Crippen LogP contribution in [-0.4, -0.2) is 50.4 Å². The Balaban J connectivity index is 1.94. The molecule has 104 valence electrons. The summed E-state index contributed by atoms with van der Waals surface area (Å²) in [6.45, 7) is 4.87. The van der Waals surface area contributed by atoms with E-state index in [0.29, 0.717) is 17.9 Å². The van der Waals surface area contributed by atoms with Crippen LogP contribution in [0.3, 0.4) is 0 Å². The van der Waals surface area contributed by atoms with Gasteiger partial charge in [-0.25, -0.2) is 9.78 Å². The van der Waals surface area contributed by atoms with Crippen LogP contribution in [0.5, 0.6) is 0 Å². The van der Waals surface area contributed by atoms with E-state index >= 15 is 0 Å². The van der Waals surface area contributed by atoms with Crippen LogP contribution in [0.15, 0.2) is 12.1 Å². The molecule has 0 aliphatic carbocycles. The lowest BCUT2D eigenvalue weighted by Gasteiger charge is -2.24. The summed E-state index contributed by atoms with van der Waals surface area (Å²) in [5.41, 5.74) is 1.15. The first-order valence-electron chi connectivity index (χ1n) is 6.31. The fourth-order valence-electron chi connectivity index (χ4n) is 1.96.